The van der Waals surface area contributed by atoms with Crippen molar-refractivity contribution in [3.63, 3.8) is 0 Å². The average molecular weight is 402 g/mol. The number of benzene rings is 3. The molecule has 0 saturated carbocycles. The first-order valence-electron chi connectivity index (χ1n) is 9.88. The molecule has 0 bridgehead atoms. The third-order valence-electron chi connectivity index (χ3n) is 5.52. The van der Waals surface area contributed by atoms with Crippen molar-refractivity contribution in [2.75, 3.05) is 0 Å². The minimum atomic E-state index is -0.561. The Bertz CT molecular complexity index is 1080. The maximum absolute atomic E-state index is 13.3. The number of phenolic OH excluding ortho intramolecular Hbond substituents is 2. The molecule has 0 aliphatic heterocycles. The van der Waals surface area contributed by atoms with Crippen molar-refractivity contribution < 1.29 is 20.1 Å². The predicted molar refractivity (Wildman–Crippen MR) is 119 cm³/mol. The number of hydrogen-bond acceptors (Lipinski definition) is 4. The van der Waals surface area contributed by atoms with Crippen LogP contribution in [0.3, 0.4) is 0 Å². The molecule has 0 aliphatic rings. The zero-order valence-electron chi connectivity index (χ0n) is 17.3. The predicted octanol–water partition coefficient (Wildman–Crippen LogP) is 6.00. The number of aliphatic hydroxyl groups is 1. The summed E-state index contributed by atoms with van der Waals surface area (Å²) < 4.78 is 0. The lowest BCUT2D eigenvalue weighted by atomic mass is 9.77. The van der Waals surface area contributed by atoms with Crippen molar-refractivity contribution in [3.8, 4) is 11.5 Å². The lowest BCUT2D eigenvalue weighted by molar-refractivity contribution is 0.0915. The summed E-state index contributed by atoms with van der Waals surface area (Å²) in [5.74, 6) is -1.38. The highest BCUT2D eigenvalue weighted by Gasteiger charge is 2.31. The molecule has 0 radical (unpaired) electrons. The highest BCUT2D eigenvalue weighted by atomic mass is 16.3. The molecular formula is C26H26O4. The number of aliphatic hydroxyl groups excluding tert-OH is 1. The zero-order valence-corrected chi connectivity index (χ0v) is 17.3. The first-order valence-corrected chi connectivity index (χ1v) is 9.88. The normalized spacial score (nSPS) is 14.0. The molecule has 0 fully saturated rings. The van der Waals surface area contributed by atoms with E-state index in [0.717, 1.165) is 11.1 Å². The second kappa shape index (κ2) is 8.87. The van der Waals surface area contributed by atoms with Crippen LogP contribution in [0.4, 0.5) is 0 Å². The molecule has 2 atom stereocenters. The Labute approximate surface area is 176 Å². The topological polar surface area (TPSA) is 77.8 Å². The molecule has 4 nitrogen and oxygen atoms in total. The van der Waals surface area contributed by atoms with Gasteiger partial charge < -0.3 is 15.3 Å². The van der Waals surface area contributed by atoms with Gasteiger partial charge >= 0.3 is 0 Å². The van der Waals surface area contributed by atoms with E-state index in [-0.39, 0.29) is 28.6 Å². The molecule has 0 amide bonds. The third-order valence-corrected chi connectivity index (χ3v) is 5.52. The van der Waals surface area contributed by atoms with E-state index in [2.05, 4.69) is 0 Å². The lowest BCUT2D eigenvalue weighted by Gasteiger charge is -2.26. The van der Waals surface area contributed by atoms with E-state index in [1.54, 1.807) is 50.2 Å². The van der Waals surface area contributed by atoms with Crippen molar-refractivity contribution in [2.24, 2.45) is 5.92 Å². The lowest BCUT2D eigenvalue weighted by Crippen LogP contribution is -2.22. The Morgan fingerprint density at radius 1 is 0.800 bits per heavy atom. The van der Waals surface area contributed by atoms with Crippen LogP contribution in [0.25, 0.3) is 5.76 Å². The molecule has 3 rings (SSSR count). The van der Waals surface area contributed by atoms with Gasteiger partial charge in [-0.2, -0.15) is 0 Å². The number of hydrogen-bond donors (Lipinski definition) is 3. The number of allylic oxidation sites excluding steroid dienone is 1. The van der Waals surface area contributed by atoms with E-state index in [0.29, 0.717) is 11.1 Å². The second-order valence-corrected chi connectivity index (χ2v) is 7.61. The maximum atomic E-state index is 13.3. The first-order chi connectivity index (χ1) is 14.3. The molecule has 0 saturated heterocycles. The molecule has 3 N–H and O–H groups in total. The molecule has 30 heavy (non-hydrogen) atoms. The summed E-state index contributed by atoms with van der Waals surface area (Å²) in [5.41, 5.74) is 3.09. The molecule has 3 aromatic carbocycles. The van der Waals surface area contributed by atoms with Gasteiger partial charge in [0.1, 0.15) is 17.3 Å². The fraction of sp³-hybridized carbons (Fsp3) is 0.192. The van der Waals surface area contributed by atoms with Gasteiger partial charge in [0.25, 0.3) is 0 Å². The van der Waals surface area contributed by atoms with Crippen LogP contribution >= 0.6 is 0 Å². The van der Waals surface area contributed by atoms with Crippen molar-refractivity contribution in [2.45, 2.75) is 26.7 Å². The molecule has 4 heteroatoms. The number of phenols is 2. The van der Waals surface area contributed by atoms with Gasteiger partial charge in [-0.3, -0.25) is 4.79 Å². The van der Waals surface area contributed by atoms with E-state index >= 15 is 0 Å². The molecule has 154 valence electrons. The summed E-state index contributed by atoms with van der Waals surface area (Å²) in [6.07, 6.45) is 0. The summed E-state index contributed by atoms with van der Waals surface area (Å²) in [6.45, 7) is 5.54. The smallest absolute Gasteiger partial charge is 0.170 e. The van der Waals surface area contributed by atoms with Crippen LogP contribution in [0, 0.1) is 12.8 Å². The standard InChI is InChI=1S/C26H26O4/c1-16-12-14-19(15-13-16)24(17(2)25(29)20-8-4-6-10-22(20)27)18(3)26(30)21-9-5-7-11-23(21)28/h4-15,17,24,27-28,30H,1-3H3/b26-18-/t17-,24+/m0/s1. The van der Waals surface area contributed by atoms with Gasteiger partial charge in [0.15, 0.2) is 5.78 Å². The maximum Gasteiger partial charge on any atom is 0.170 e. The number of aryl methyl sites for hydroxylation is 1. The fourth-order valence-corrected chi connectivity index (χ4v) is 3.80. The summed E-state index contributed by atoms with van der Waals surface area (Å²) in [6, 6.07) is 20.8. The Balaban J connectivity index is 2.12. The van der Waals surface area contributed by atoms with Crippen LogP contribution in [0.1, 0.15) is 46.8 Å². The Morgan fingerprint density at radius 2 is 1.30 bits per heavy atom. The van der Waals surface area contributed by atoms with Gasteiger partial charge in [-0.1, -0.05) is 61.0 Å². The van der Waals surface area contributed by atoms with Crippen molar-refractivity contribution in [1.82, 2.24) is 0 Å². The fourth-order valence-electron chi connectivity index (χ4n) is 3.80. The van der Waals surface area contributed by atoms with Gasteiger partial charge in [-0.25, -0.2) is 0 Å². The van der Waals surface area contributed by atoms with Crippen LogP contribution in [-0.2, 0) is 0 Å². The van der Waals surface area contributed by atoms with Crippen LogP contribution in [0.2, 0.25) is 0 Å². The van der Waals surface area contributed by atoms with Crippen molar-refractivity contribution in [1.29, 1.82) is 0 Å². The number of ketones is 1. The van der Waals surface area contributed by atoms with Crippen LogP contribution < -0.4 is 0 Å². The molecule has 0 aromatic heterocycles. The first kappa shape index (κ1) is 21.2. The SMILES string of the molecule is C/C(=C(/O)c1ccccc1O)[C@H](c1ccc(C)cc1)[C@H](C)C(=O)c1ccccc1O. The summed E-state index contributed by atoms with van der Waals surface area (Å²) in [4.78, 5) is 13.3. The van der Waals surface area contributed by atoms with Crippen LogP contribution in [0.15, 0.2) is 78.4 Å². The molecule has 0 spiro atoms. The zero-order chi connectivity index (χ0) is 21.8. The van der Waals surface area contributed by atoms with E-state index in [1.807, 2.05) is 31.2 Å². The van der Waals surface area contributed by atoms with E-state index in [9.17, 15) is 20.1 Å². The van der Waals surface area contributed by atoms with E-state index in [1.165, 1.54) is 12.1 Å². The minimum Gasteiger partial charge on any atom is -0.507 e. The van der Waals surface area contributed by atoms with Crippen molar-refractivity contribution >= 4 is 11.5 Å². The number of para-hydroxylation sites is 2. The van der Waals surface area contributed by atoms with Crippen molar-refractivity contribution in [3.05, 3.63) is 101 Å². The highest BCUT2D eigenvalue weighted by molar-refractivity contribution is 6.00. The second-order valence-electron chi connectivity index (χ2n) is 7.61. The minimum absolute atomic E-state index is 0.0308. The Hall–Kier alpha value is -3.53. The highest BCUT2D eigenvalue weighted by Crippen LogP contribution is 2.39. The van der Waals surface area contributed by atoms with Gasteiger partial charge in [0.05, 0.1) is 11.1 Å². The Kier molecular flexibility index (Phi) is 6.26. The number of aromatic hydroxyl groups is 2. The van der Waals surface area contributed by atoms with E-state index < -0.39 is 11.8 Å². The molecular weight excluding hydrogens is 376 g/mol. The quantitative estimate of drug-likeness (QED) is 0.349. The molecule has 0 unspecified atom stereocenters. The summed E-state index contributed by atoms with van der Waals surface area (Å²) >= 11 is 0. The Morgan fingerprint density at radius 3 is 1.83 bits per heavy atom. The van der Waals surface area contributed by atoms with Gasteiger partial charge in [-0.15, -0.1) is 0 Å². The number of Topliss-reactive ketones (excluding diaryl/α,β-unsaturated/α-hetero) is 1. The van der Waals surface area contributed by atoms with Gasteiger partial charge in [0.2, 0.25) is 0 Å². The average Bonchev–Trinajstić information content (AvgIpc) is 2.74. The summed E-state index contributed by atoms with van der Waals surface area (Å²) in [5, 5.41) is 31.3. The van der Waals surface area contributed by atoms with Crippen LogP contribution in [-0.4, -0.2) is 21.1 Å². The number of carbonyl (C=O) groups excluding carboxylic acids is 1. The summed E-state index contributed by atoms with van der Waals surface area (Å²) in [7, 11) is 0. The number of carbonyl (C=O) groups is 1. The number of rotatable bonds is 6. The molecule has 3 aromatic rings. The van der Waals surface area contributed by atoms with E-state index in [4.69, 9.17) is 0 Å². The monoisotopic (exact) mass is 402 g/mol. The third kappa shape index (κ3) is 4.23. The largest absolute Gasteiger partial charge is 0.507 e. The van der Waals surface area contributed by atoms with Crippen LogP contribution in [0.5, 0.6) is 11.5 Å². The molecule has 0 aliphatic carbocycles. The molecule has 0 heterocycles. The van der Waals surface area contributed by atoms with Gasteiger partial charge in [0, 0.05) is 11.8 Å². The van der Waals surface area contributed by atoms with Gasteiger partial charge in [-0.05, 0) is 49.2 Å².